The van der Waals surface area contributed by atoms with Crippen molar-refractivity contribution in [2.24, 2.45) is 0 Å². The van der Waals surface area contributed by atoms with E-state index in [1.54, 1.807) is 0 Å². The molecule has 0 amide bonds. The number of hydrogen-bond acceptors (Lipinski definition) is 3. The van der Waals surface area contributed by atoms with Gasteiger partial charge in [-0.25, -0.2) is 0 Å². The molecule has 23 heavy (non-hydrogen) atoms. The van der Waals surface area contributed by atoms with Gasteiger partial charge in [-0.2, -0.15) is 0 Å². The van der Waals surface area contributed by atoms with Crippen LogP contribution in [0.4, 0.5) is 0 Å². The fourth-order valence-corrected chi connectivity index (χ4v) is 2.90. The third kappa shape index (κ3) is 18.1. The topological polar surface area (TPSA) is 43.7 Å². The maximum atomic E-state index is 9.45. The summed E-state index contributed by atoms with van der Waals surface area (Å²) in [4.78, 5) is 2.41. The lowest BCUT2D eigenvalue weighted by molar-refractivity contribution is 0.132. The van der Waals surface area contributed by atoms with E-state index >= 15 is 0 Å². The third-order valence-electron chi connectivity index (χ3n) is 4.55. The average Bonchev–Trinajstić information content (AvgIpc) is 2.50. The Kier molecular flexibility index (Phi) is 16.6. The number of rotatable bonds is 17. The lowest BCUT2D eigenvalue weighted by Crippen LogP contribution is -2.30. The van der Waals surface area contributed by atoms with Gasteiger partial charge in [-0.3, -0.25) is 0 Å². The van der Waals surface area contributed by atoms with Crippen LogP contribution in [0, 0.1) is 0 Å². The first-order valence-corrected chi connectivity index (χ1v) is 10.1. The fraction of sp³-hybridized carbons (Fsp3) is 1.00. The van der Waals surface area contributed by atoms with Crippen molar-refractivity contribution >= 4 is 0 Å². The number of unbranched alkanes of at least 4 members (excludes halogenated alkanes) is 9. The van der Waals surface area contributed by atoms with Crippen molar-refractivity contribution in [3.8, 4) is 0 Å². The fourth-order valence-electron chi connectivity index (χ4n) is 2.90. The van der Waals surface area contributed by atoms with Gasteiger partial charge in [0, 0.05) is 13.1 Å². The van der Waals surface area contributed by atoms with E-state index in [1.807, 2.05) is 13.8 Å². The minimum atomic E-state index is -0.225. The van der Waals surface area contributed by atoms with Gasteiger partial charge in [0.05, 0.1) is 12.2 Å². The molecule has 2 unspecified atom stereocenters. The summed E-state index contributed by atoms with van der Waals surface area (Å²) in [5.74, 6) is 0. The molecule has 0 radical (unpaired) electrons. The number of aliphatic hydroxyl groups excluding tert-OH is 2. The van der Waals surface area contributed by atoms with Crippen LogP contribution in [-0.4, -0.2) is 47.0 Å². The van der Waals surface area contributed by atoms with E-state index in [2.05, 4.69) is 11.8 Å². The van der Waals surface area contributed by atoms with Crippen LogP contribution in [0.1, 0.15) is 97.8 Å². The summed E-state index contributed by atoms with van der Waals surface area (Å²) < 4.78 is 0. The van der Waals surface area contributed by atoms with Gasteiger partial charge in [0.25, 0.3) is 0 Å². The lowest BCUT2D eigenvalue weighted by Gasteiger charge is -2.23. The van der Waals surface area contributed by atoms with Crippen molar-refractivity contribution in [2.75, 3.05) is 19.6 Å². The third-order valence-corrected chi connectivity index (χ3v) is 4.55. The van der Waals surface area contributed by atoms with Gasteiger partial charge in [-0.15, -0.1) is 0 Å². The second kappa shape index (κ2) is 16.7. The minimum Gasteiger partial charge on any atom is -0.393 e. The van der Waals surface area contributed by atoms with Crippen molar-refractivity contribution in [2.45, 2.75) is 110 Å². The summed E-state index contributed by atoms with van der Waals surface area (Å²) in [7, 11) is 0. The van der Waals surface area contributed by atoms with Gasteiger partial charge in [0.1, 0.15) is 0 Å². The second-order valence-corrected chi connectivity index (χ2v) is 7.30. The highest BCUT2D eigenvalue weighted by molar-refractivity contribution is 4.63. The molecule has 0 saturated carbocycles. The summed E-state index contributed by atoms with van der Waals surface area (Å²) in [6.45, 7) is 8.98. The monoisotopic (exact) mass is 329 g/mol. The van der Waals surface area contributed by atoms with Crippen LogP contribution in [0.3, 0.4) is 0 Å². The number of hydrogen-bond donors (Lipinski definition) is 2. The molecule has 3 nitrogen and oxygen atoms in total. The van der Waals surface area contributed by atoms with Crippen LogP contribution in [0.25, 0.3) is 0 Å². The van der Waals surface area contributed by atoms with Gasteiger partial charge in [-0.05, 0) is 39.7 Å². The molecule has 0 saturated heterocycles. The molecule has 2 N–H and O–H groups in total. The van der Waals surface area contributed by atoms with E-state index < -0.39 is 0 Å². The molecule has 0 aromatic heterocycles. The Labute approximate surface area is 145 Å². The second-order valence-electron chi connectivity index (χ2n) is 7.30. The summed E-state index contributed by atoms with van der Waals surface area (Å²) in [6, 6.07) is 0. The highest BCUT2D eigenvalue weighted by Crippen LogP contribution is 2.11. The molecule has 0 rings (SSSR count). The van der Waals surface area contributed by atoms with Crippen LogP contribution >= 0.6 is 0 Å². The molecular weight excluding hydrogens is 286 g/mol. The number of aliphatic hydroxyl groups is 2. The van der Waals surface area contributed by atoms with Gasteiger partial charge >= 0.3 is 0 Å². The van der Waals surface area contributed by atoms with Crippen LogP contribution in [0.5, 0.6) is 0 Å². The van der Waals surface area contributed by atoms with Gasteiger partial charge in [-0.1, -0.05) is 64.7 Å². The van der Waals surface area contributed by atoms with E-state index in [9.17, 15) is 10.2 Å². The van der Waals surface area contributed by atoms with Crippen molar-refractivity contribution in [1.29, 1.82) is 0 Å². The molecule has 3 heteroatoms. The summed E-state index contributed by atoms with van der Waals surface area (Å²) in [6.07, 6.45) is 14.9. The van der Waals surface area contributed by atoms with E-state index in [0.717, 1.165) is 32.5 Å². The van der Waals surface area contributed by atoms with Crippen molar-refractivity contribution < 1.29 is 10.2 Å². The summed E-state index contributed by atoms with van der Waals surface area (Å²) in [5.41, 5.74) is 0. The Balaban J connectivity index is 3.56. The van der Waals surface area contributed by atoms with Crippen molar-refractivity contribution in [3.63, 3.8) is 0 Å². The molecule has 2 atom stereocenters. The Morgan fingerprint density at radius 3 is 1.39 bits per heavy atom. The van der Waals surface area contributed by atoms with Gasteiger partial charge in [0.2, 0.25) is 0 Å². The molecule has 0 aromatic rings. The zero-order valence-electron chi connectivity index (χ0n) is 16.1. The normalized spacial score (nSPS) is 14.3. The standard InChI is InChI=1S/C20H43NO2/c1-4-5-6-7-8-9-10-11-12-13-16-21(17-14-19(2)22)18-15-20(3)23/h19-20,22-23H,4-18H2,1-3H3. The Bertz CT molecular complexity index is 220. The Hall–Kier alpha value is -0.120. The molecule has 0 bridgehead atoms. The molecule has 0 aliphatic carbocycles. The summed E-state index contributed by atoms with van der Waals surface area (Å²) in [5, 5.41) is 18.9. The van der Waals surface area contributed by atoms with E-state index in [4.69, 9.17) is 0 Å². The average molecular weight is 330 g/mol. The summed E-state index contributed by atoms with van der Waals surface area (Å²) >= 11 is 0. The highest BCUT2D eigenvalue weighted by Gasteiger charge is 2.08. The van der Waals surface area contributed by atoms with E-state index in [0.29, 0.717) is 0 Å². The molecule has 0 aromatic carbocycles. The first kappa shape index (κ1) is 22.9. The van der Waals surface area contributed by atoms with Crippen LogP contribution < -0.4 is 0 Å². The van der Waals surface area contributed by atoms with Crippen molar-refractivity contribution in [1.82, 2.24) is 4.90 Å². The molecular formula is C20H43NO2. The molecule has 140 valence electrons. The molecule has 0 aliphatic rings. The van der Waals surface area contributed by atoms with Crippen molar-refractivity contribution in [3.05, 3.63) is 0 Å². The van der Waals surface area contributed by atoms with E-state index in [-0.39, 0.29) is 12.2 Å². The largest absolute Gasteiger partial charge is 0.393 e. The predicted molar refractivity (Wildman–Crippen MR) is 101 cm³/mol. The smallest absolute Gasteiger partial charge is 0.0524 e. The van der Waals surface area contributed by atoms with Gasteiger partial charge in [0.15, 0.2) is 0 Å². The molecule has 0 aliphatic heterocycles. The zero-order valence-corrected chi connectivity index (χ0v) is 16.1. The van der Waals surface area contributed by atoms with Crippen LogP contribution in [0.2, 0.25) is 0 Å². The van der Waals surface area contributed by atoms with Crippen LogP contribution in [-0.2, 0) is 0 Å². The van der Waals surface area contributed by atoms with Crippen LogP contribution in [0.15, 0.2) is 0 Å². The zero-order chi connectivity index (χ0) is 17.3. The first-order chi connectivity index (χ1) is 11.1. The maximum Gasteiger partial charge on any atom is 0.0524 e. The maximum absolute atomic E-state index is 9.45. The Morgan fingerprint density at radius 2 is 1.00 bits per heavy atom. The van der Waals surface area contributed by atoms with Gasteiger partial charge < -0.3 is 15.1 Å². The predicted octanol–water partition coefficient (Wildman–Crippen LogP) is 4.75. The molecule has 0 heterocycles. The quantitative estimate of drug-likeness (QED) is 0.378. The molecule has 0 fully saturated rings. The Morgan fingerprint density at radius 1 is 0.609 bits per heavy atom. The lowest BCUT2D eigenvalue weighted by atomic mass is 10.1. The molecule has 0 spiro atoms. The first-order valence-electron chi connectivity index (χ1n) is 10.1. The SMILES string of the molecule is CCCCCCCCCCCCN(CCC(C)O)CCC(C)O. The number of nitrogens with zero attached hydrogens (tertiary/aromatic N) is 1. The highest BCUT2D eigenvalue weighted by atomic mass is 16.3. The van der Waals surface area contributed by atoms with E-state index in [1.165, 1.54) is 64.2 Å². The minimum absolute atomic E-state index is 0.225.